The molecule has 0 radical (unpaired) electrons. The number of piperidine rings is 1. The number of anilines is 1. The van der Waals surface area contributed by atoms with Crippen LogP contribution in [0, 0.1) is 5.82 Å². The molecule has 1 saturated heterocycles. The molecule has 1 aromatic heterocycles. The summed E-state index contributed by atoms with van der Waals surface area (Å²) in [5, 5.41) is 2.20. The maximum atomic E-state index is 14.1. The second kappa shape index (κ2) is 8.65. The zero-order chi connectivity index (χ0) is 24.6. The van der Waals surface area contributed by atoms with E-state index in [1.807, 2.05) is 0 Å². The predicted molar refractivity (Wildman–Crippen MR) is 107 cm³/mol. The van der Waals surface area contributed by atoms with E-state index in [2.05, 4.69) is 15.0 Å². The molecule has 13 heteroatoms. The molecule has 1 aliphatic rings. The first-order chi connectivity index (χ1) is 16.0. The van der Waals surface area contributed by atoms with Crippen molar-refractivity contribution in [2.24, 2.45) is 0 Å². The van der Waals surface area contributed by atoms with E-state index >= 15 is 0 Å². The molecule has 0 aliphatic carbocycles. The van der Waals surface area contributed by atoms with Crippen molar-refractivity contribution in [2.45, 2.75) is 25.1 Å². The third-order valence-corrected chi connectivity index (χ3v) is 4.91. The molecular formula is C21H15F4N3O6. The Balaban J connectivity index is 1.51. The maximum absolute atomic E-state index is 14.1. The van der Waals surface area contributed by atoms with Crippen molar-refractivity contribution >= 4 is 34.7 Å². The number of hydrogen-bond donors (Lipinski definition) is 1. The highest BCUT2D eigenvalue weighted by Gasteiger charge is 2.33. The number of nitrogens with zero attached hydrogens (tertiary/aromatic N) is 2. The summed E-state index contributed by atoms with van der Waals surface area (Å²) in [5.74, 6) is -3.31. The second-order valence-corrected chi connectivity index (χ2v) is 7.27. The molecule has 2 heterocycles. The Morgan fingerprint density at radius 3 is 2.62 bits per heavy atom. The average Bonchev–Trinajstić information content (AvgIpc) is 3.16. The van der Waals surface area contributed by atoms with Crippen molar-refractivity contribution in [3.63, 3.8) is 0 Å². The number of benzene rings is 2. The number of alkyl halides is 3. The summed E-state index contributed by atoms with van der Waals surface area (Å²) >= 11 is 0. The molecule has 34 heavy (non-hydrogen) atoms. The molecule has 0 saturated carbocycles. The monoisotopic (exact) mass is 481 g/mol. The Morgan fingerprint density at radius 1 is 1.18 bits per heavy atom. The number of ether oxygens (including phenoxy) is 2. The number of rotatable bonds is 4. The number of amides is 3. The number of aromatic nitrogens is 1. The fraction of sp³-hybridized carbons (Fsp3) is 0.238. The highest BCUT2D eigenvalue weighted by Crippen LogP contribution is 2.31. The first-order valence-electron chi connectivity index (χ1n) is 9.75. The van der Waals surface area contributed by atoms with Gasteiger partial charge in [0.1, 0.15) is 28.8 Å². The van der Waals surface area contributed by atoms with Crippen LogP contribution in [0.25, 0.3) is 11.1 Å². The van der Waals surface area contributed by atoms with Crippen LogP contribution in [0.5, 0.6) is 11.5 Å². The molecule has 178 valence electrons. The third-order valence-electron chi connectivity index (χ3n) is 4.91. The minimum atomic E-state index is -4.99. The minimum absolute atomic E-state index is 0.0292. The van der Waals surface area contributed by atoms with Gasteiger partial charge < -0.3 is 13.9 Å². The molecule has 1 atom stereocenters. The van der Waals surface area contributed by atoms with Gasteiger partial charge in [0.25, 0.3) is 0 Å². The van der Waals surface area contributed by atoms with E-state index in [4.69, 9.17) is 9.15 Å². The van der Waals surface area contributed by atoms with Crippen LogP contribution in [0.15, 0.2) is 40.8 Å². The SMILES string of the molecule is CN(C(=O)Oc1ccc2nc(C3CCC(=O)NC3=O)oc2c1)c1cc(OC(F)(F)F)ccc1F. The number of halogens is 4. The third kappa shape index (κ3) is 4.92. The first-order valence-corrected chi connectivity index (χ1v) is 9.75. The molecule has 9 nitrogen and oxygen atoms in total. The molecule has 4 rings (SSSR count). The lowest BCUT2D eigenvalue weighted by Gasteiger charge is -2.19. The molecule has 1 fully saturated rings. The molecular weight excluding hydrogens is 466 g/mol. The topological polar surface area (TPSA) is 111 Å². The fourth-order valence-electron chi connectivity index (χ4n) is 3.28. The minimum Gasteiger partial charge on any atom is -0.440 e. The van der Waals surface area contributed by atoms with Gasteiger partial charge in [-0.3, -0.25) is 19.8 Å². The smallest absolute Gasteiger partial charge is 0.440 e. The Bertz CT molecular complexity index is 1290. The summed E-state index contributed by atoms with van der Waals surface area (Å²) < 4.78 is 65.9. The zero-order valence-corrected chi connectivity index (χ0v) is 17.3. The lowest BCUT2D eigenvalue weighted by atomic mass is 9.98. The Hall–Kier alpha value is -4.16. The Morgan fingerprint density at radius 2 is 1.91 bits per heavy atom. The molecule has 1 unspecified atom stereocenters. The van der Waals surface area contributed by atoms with Gasteiger partial charge in [0.2, 0.25) is 17.7 Å². The molecule has 3 amide bonds. The van der Waals surface area contributed by atoms with Crippen LogP contribution in [0.1, 0.15) is 24.7 Å². The lowest BCUT2D eigenvalue weighted by Crippen LogP contribution is -2.39. The van der Waals surface area contributed by atoms with Gasteiger partial charge in [-0.05, 0) is 30.7 Å². The number of carbonyl (C=O) groups is 3. The predicted octanol–water partition coefficient (Wildman–Crippen LogP) is 4.02. The van der Waals surface area contributed by atoms with Crippen molar-refractivity contribution in [1.29, 1.82) is 0 Å². The van der Waals surface area contributed by atoms with Crippen LogP contribution in [0.3, 0.4) is 0 Å². The quantitative estimate of drug-likeness (QED) is 0.443. The van der Waals surface area contributed by atoms with Gasteiger partial charge in [-0.2, -0.15) is 0 Å². The molecule has 0 spiro atoms. The standard InChI is InChI=1S/C21H15F4N3O6/c1-28(15-8-11(2-5-13(15)22)34-21(23,24)25)20(31)32-10-3-6-14-16(9-10)33-19(26-14)12-4-7-17(29)27-18(12)30/h2-3,5-6,8-9,12H,4,7H2,1H3,(H,27,29,30). The zero-order valence-electron chi connectivity index (χ0n) is 17.3. The van der Waals surface area contributed by atoms with E-state index in [1.165, 1.54) is 18.2 Å². The molecule has 0 bridgehead atoms. The Kier molecular flexibility index (Phi) is 5.85. The summed E-state index contributed by atoms with van der Waals surface area (Å²) in [6.45, 7) is 0. The van der Waals surface area contributed by atoms with Crippen molar-refractivity contribution in [3.05, 3.63) is 48.1 Å². The number of hydrogen-bond acceptors (Lipinski definition) is 7. The lowest BCUT2D eigenvalue weighted by molar-refractivity contribution is -0.274. The number of carbonyl (C=O) groups excluding carboxylic acids is 3. The molecule has 1 N–H and O–H groups in total. The van der Waals surface area contributed by atoms with Gasteiger partial charge in [-0.15, -0.1) is 13.2 Å². The normalized spacial score (nSPS) is 16.3. The van der Waals surface area contributed by atoms with Gasteiger partial charge in [0, 0.05) is 25.6 Å². The number of nitrogens with one attached hydrogen (secondary N) is 1. The van der Waals surface area contributed by atoms with E-state index in [9.17, 15) is 31.9 Å². The van der Waals surface area contributed by atoms with Crippen LogP contribution in [0.2, 0.25) is 0 Å². The van der Waals surface area contributed by atoms with Crippen LogP contribution in [0.4, 0.5) is 28.0 Å². The average molecular weight is 481 g/mol. The van der Waals surface area contributed by atoms with Crippen molar-refractivity contribution in [1.82, 2.24) is 10.3 Å². The van der Waals surface area contributed by atoms with E-state index in [-0.39, 0.29) is 36.0 Å². The van der Waals surface area contributed by atoms with Crippen LogP contribution < -0.4 is 19.7 Å². The van der Waals surface area contributed by atoms with E-state index in [0.29, 0.717) is 16.5 Å². The molecule has 2 aromatic carbocycles. The van der Waals surface area contributed by atoms with Gasteiger partial charge in [0.05, 0.1) is 5.69 Å². The van der Waals surface area contributed by atoms with Crippen LogP contribution in [-0.2, 0) is 9.59 Å². The van der Waals surface area contributed by atoms with Crippen molar-refractivity contribution in [2.75, 3.05) is 11.9 Å². The second-order valence-electron chi connectivity index (χ2n) is 7.27. The molecule has 3 aromatic rings. The summed E-state index contributed by atoms with van der Waals surface area (Å²) in [6, 6.07) is 6.32. The number of fused-ring (bicyclic) bond motifs is 1. The number of imide groups is 1. The summed E-state index contributed by atoms with van der Waals surface area (Å²) in [7, 11) is 1.10. The van der Waals surface area contributed by atoms with Gasteiger partial charge in [-0.25, -0.2) is 14.2 Å². The van der Waals surface area contributed by atoms with Gasteiger partial charge in [-0.1, -0.05) is 0 Å². The molecule has 1 aliphatic heterocycles. The van der Waals surface area contributed by atoms with E-state index < -0.39 is 41.5 Å². The summed E-state index contributed by atoms with van der Waals surface area (Å²) in [4.78, 5) is 40.7. The van der Waals surface area contributed by atoms with Gasteiger partial charge in [0.15, 0.2) is 5.58 Å². The van der Waals surface area contributed by atoms with E-state index in [1.54, 1.807) is 0 Å². The van der Waals surface area contributed by atoms with Crippen LogP contribution >= 0.6 is 0 Å². The number of oxazole rings is 1. The maximum Gasteiger partial charge on any atom is 0.573 e. The highest BCUT2D eigenvalue weighted by molar-refractivity contribution is 6.00. The fourth-order valence-corrected chi connectivity index (χ4v) is 3.28. The Labute approximate surface area is 188 Å². The first kappa shape index (κ1) is 23.0. The summed E-state index contributed by atoms with van der Waals surface area (Å²) in [5.41, 5.74) is 0.0305. The van der Waals surface area contributed by atoms with Crippen molar-refractivity contribution < 1.29 is 45.8 Å². The van der Waals surface area contributed by atoms with E-state index in [0.717, 1.165) is 19.2 Å². The largest absolute Gasteiger partial charge is 0.573 e. The highest BCUT2D eigenvalue weighted by atomic mass is 19.4. The van der Waals surface area contributed by atoms with Gasteiger partial charge >= 0.3 is 12.5 Å². The van der Waals surface area contributed by atoms with Crippen molar-refractivity contribution in [3.8, 4) is 11.5 Å². The summed E-state index contributed by atoms with van der Waals surface area (Å²) in [6.07, 6.45) is -5.73. The van der Waals surface area contributed by atoms with Crippen LogP contribution in [-0.4, -0.2) is 36.3 Å².